The van der Waals surface area contributed by atoms with Crippen molar-refractivity contribution in [1.82, 2.24) is 9.88 Å². The van der Waals surface area contributed by atoms with Gasteiger partial charge in [0.1, 0.15) is 5.76 Å². The standard InChI is InChI=1S/C17H18N2O3/c1-2-21-17(20)19-11-10-14-15(12-19)22-16(18-14)9-8-13-6-4-3-5-7-13/h3-9H,2,10-12H2,1H3/b9-8+. The third-order valence-electron chi connectivity index (χ3n) is 3.49. The molecule has 0 saturated carbocycles. The van der Waals surface area contributed by atoms with Crippen LogP contribution in [0, 0.1) is 0 Å². The number of oxazole rings is 1. The number of ether oxygens (including phenoxy) is 1. The minimum absolute atomic E-state index is 0.300. The number of amides is 1. The minimum Gasteiger partial charge on any atom is -0.450 e. The second kappa shape index (κ2) is 6.47. The van der Waals surface area contributed by atoms with Crippen LogP contribution in [-0.4, -0.2) is 29.1 Å². The van der Waals surface area contributed by atoms with Crippen LogP contribution in [0.5, 0.6) is 0 Å². The van der Waals surface area contributed by atoms with Gasteiger partial charge >= 0.3 is 6.09 Å². The van der Waals surface area contributed by atoms with Gasteiger partial charge in [0.2, 0.25) is 5.89 Å². The summed E-state index contributed by atoms with van der Waals surface area (Å²) in [6, 6.07) is 9.98. The Morgan fingerprint density at radius 2 is 2.18 bits per heavy atom. The van der Waals surface area contributed by atoms with Gasteiger partial charge in [0, 0.05) is 19.0 Å². The van der Waals surface area contributed by atoms with E-state index in [1.54, 1.807) is 11.8 Å². The van der Waals surface area contributed by atoms with Crippen molar-refractivity contribution < 1.29 is 13.9 Å². The van der Waals surface area contributed by atoms with Gasteiger partial charge in [-0.05, 0) is 18.6 Å². The van der Waals surface area contributed by atoms with Crippen molar-refractivity contribution in [2.24, 2.45) is 0 Å². The van der Waals surface area contributed by atoms with Gasteiger partial charge in [-0.15, -0.1) is 0 Å². The number of fused-ring (bicyclic) bond motifs is 1. The van der Waals surface area contributed by atoms with Crippen LogP contribution in [0.2, 0.25) is 0 Å². The Hall–Kier alpha value is -2.56. The fourth-order valence-corrected chi connectivity index (χ4v) is 2.39. The molecule has 0 radical (unpaired) electrons. The summed E-state index contributed by atoms with van der Waals surface area (Å²) in [6.45, 7) is 3.21. The van der Waals surface area contributed by atoms with Crippen molar-refractivity contribution in [3.8, 4) is 0 Å². The van der Waals surface area contributed by atoms with Crippen LogP contribution < -0.4 is 0 Å². The Balaban J connectivity index is 1.71. The predicted molar refractivity (Wildman–Crippen MR) is 83.0 cm³/mol. The van der Waals surface area contributed by atoms with E-state index in [-0.39, 0.29) is 6.09 Å². The quantitative estimate of drug-likeness (QED) is 0.872. The van der Waals surface area contributed by atoms with Crippen molar-refractivity contribution in [2.45, 2.75) is 19.9 Å². The molecule has 0 N–H and O–H groups in total. The molecule has 0 atom stereocenters. The Labute approximate surface area is 129 Å². The SMILES string of the molecule is CCOC(=O)N1CCc2nc(/C=C/c3ccccc3)oc2C1. The lowest BCUT2D eigenvalue weighted by Gasteiger charge is -2.24. The molecule has 1 aliphatic rings. The van der Waals surface area contributed by atoms with Crippen LogP contribution in [0.4, 0.5) is 4.79 Å². The summed E-state index contributed by atoms with van der Waals surface area (Å²) < 4.78 is 10.8. The molecule has 114 valence electrons. The summed E-state index contributed by atoms with van der Waals surface area (Å²) in [5.41, 5.74) is 2.01. The molecular weight excluding hydrogens is 280 g/mol. The molecule has 5 nitrogen and oxygen atoms in total. The molecule has 2 heterocycles. The van der Waals surface area contributed by atoms with Crippen LogP contribution in [0.25, 0.3) is 12.2 Å². The predicted octanol–water partition coefficient (Wildman–Crippen LogP) is 3.36. The van der Waals surface area contributed by atoms with Gasteiger partial charge in [-0.1, -0.05) is 30.3 Å². The van der Waals surface area contributed by atoms with Gasteiger partial charge in [-0.25, -0.2) is 9.78 Å². The van der Waals surface area contributed by atoms with E-state index in [0.717, 1.165) is 17.0 Å². The number of carbonyl (C=O) groups is 1. The Morgan fingerprint density at radius 1 is 1.36 bits per heavy atom. The number of benzene rings is 1. The van der Waals surface area contributed by atoms with Gasteiger partial charge in [-0.3, -0.25) is 0 Å². The molecule has 5 heteroatoms. The number of hydrogen-bond donors (Lipinski definition) is 0. The molecule has 1 aromatic carbocycles. The maximum absolute atomic E-state index is 11.8. The van der Waals surface area contributed by atoms with Gasteiger partial charge in [0.15, 0.2) is 0 Å². The van der Waals surface area contributed by atoms with E-state index in [9.17, 15) is 4.79 Å². The molecule has 0 fully saturated rings. The fourth-order valence-electron chi connectivity index (χ4n) is 2.39. The van der Waals surface area contributed by atoms with Crippen LogP contribution in [0.3, 0.4) is 0 Å². The van der Waals surface area contributed by atoms with Crippen molar-refractivity contribution in [2.75, 3.05) is 13.2 Å². The van der Waals surface area contributed by atoms with E-state index in [2.05, 4.69) is 4.98 Å². The third-order valence-corrected chi connectivity index (χ3v) is 3.49. The zero-order chi connectivity index (χ0) is 15.4. The smallest absolute Gasteiger partial charge is 0.410 e. The molecule has 0 bridgehead atoms. The summed E-state index contributed by atoms with van der Waals surface area (Å²) in [7, 11) is 0. The Morgan fingerprint density at radius 3 is 2.95 bits per heavy atom. The highest BCUT2D eigenvalue weighted by molar-refractivity contribution is 5.68. The van der Waals surface area contributed by atoms with Gasteiger partial charge in [0.25, 0.3) is 0 Å². The zero-order valence-electron chi connectivity index (χ0n) is 12.5. The molecule has 0 unspecified atom stereocenters. The number of aromatic nitrogens is 1. The van der Waals surface area contributed by atoms with Gasteiger partial charge in [0.05, 0.1) is 18.8 Å². The molecule has 2 aromatic rings. The molecule has 0 saturated heterocycles. The average Bonchev–Trinajstić information content (AvgIpc) is 2.96. The lowest BCUT2D eigenvalue weighted by molar-refractivity contribution is 0.0989. The Kier molecular flexibility index (Phi) is 4.23. The third kappa shape index (κ3) is 3.19. The molecule has 0 aliphatic carbocycles. The van der Waals surface area contributed by atoms with E-state index in [1.807, 2.05) is 42.5 Å². The molecule has 0 spiro atoms. The number of rotatable bonds is 3. The van der Waals surface area contributed by atoms with E-state index >= 15 is 0 Å². The zero-order valence-corrected chi connectivity index (χ0v) is 12.5. The first-order valence-corrected chi connectivity index (χ1v) is 7.39. The van der Waals surface area contributed by atoms with Crippen molar-refractivity contribution in [3.05, 3.63) is 53.2 Å². The maximum atomic E-state index is 11.8. The monoisotopic (exact) mass is 298 g/mol. The van der Waals surface area contributed by atoms with Crippen molar-refractivity contribution in [3.63, 3.8) is 0 Å². The number of nitrogens with zero attached hydrogens (tertiary/aromatic N) is 2. The van der Waals surface area contributed by atoms with Gasteiger partial charge in [-0.2, -0.15) is 0 Å². The topological polar surface area (TPSA) is 55.6 Å². The van der Waals surface area contributed by atoms with Crippen molar-refractivity contribution >= 4 is 18.2 Å². The van der Waals surface area contributed by atoms with Crippen LogP contribution in [-0.2, 0) is 17.7 Å². The molecule has 1 amide bonds. The molecular formula is C17H18N2O3. The lowest BCUT2D eigenvalue weighted by Crippen LogP contribution is -2.36. The number of hydrogen-bond acceptors (Lipinski definition) is 4. The lowest BCUT2D eigenvalue weighted by atomic mass is 10.2. The molecule has 1 aliphatic heterocycles. The highest BCUT2D eigenvalue weighted by Crippen LogP contribution is 2.21. The first kappa shape index (κ1) is 14.4. The first-order chi connectivity index (χ1) is 10.8. The van der Waals surface area contributed by atoms with Crippen LogP contribution in [0.1, 0.15) is 29.8 Å². The molecule has 3 rings (SSSR count). The Bertz CT molecular complexity index is 676. The molecule has 1 aromatic heterocycles. The molecule has 22 heavy (non-hydrogen) atoms. The number of carbonyl (C=O) groups excluding carboxylic acids is 1. The van der Waals surface area contributed by atoms with E-state index in [0.29, 0.717) is 32.0 Å². The van der Waals surface area contributed by atoms with Gasteiger partial charge < -0.3 is 14.1 Å². The summed E-state index contributed by atoms with van der Waals surface area (Å²) in [5.74, 6) is 1.31. The highest BCUT2D eigenvalue weighted by Gasteiger charge is 2.25. The average molecular weight is 298 g/mol. The van der Waals surface area contributed by atoms with E-state index in [4.69, 9.17) is 9.15 Å². The summed E-state index contributed by atoms with van der Waals surface area (Å²) in [5, 5.41) is 0. The summed E-state index contributed by atoms with van der Waals surface area (Å²) in [4.78, 5) is 17.9. The second-order valence-electron chi connectivity index (χ2n) is 5.04. The van der Waals surface area contributed by atoms with E-state index in [1.165, 1.54) is 0 Å². The second-order valence-corrected chi connectivity index (χ2v) is 5.04. The minimum atomic E-state index is -0.300. The van der Waals surface area contributed by atoms with Crippen LogP contribution >= 0.6 is 0 Å². The van der Waals surface area contributed by atoms with Crippen LogP contribution in [0.15, 0.2) is 34.7 Å². The first-order valence-electron chi connectivity index (χ1n) is 7.39. The van der Waals surface area contributed by atoms with E-state index < -0.39 is 0 Å². The highest BCUT2D eigenvalue weighted by atomic mass is 16.6. The normalized spacial score (nSPS) is 14.1. The summed E-state index contributed by atoms with van der Waals surface area (Å²) >= 11 is 0. The largest absolute Gasteiger partial charge is 0.450 e. The maximum Gasteiger partial charge on any atom is 0.410 e. The fraction of sp³-hybridized carbons (Fsp3) is 0.294. The van der Waals surface area contributed by atoms with Crippen molar-refractivity contribution in [1.29, 1.82) is 0 Å². The summed E-state index contributed by atoms with van der Waals surface area (Å²) in [6.07, 6.45) is 4.20.